The van der Waals surface area contributed by atoms with Gasteiger partial charge in [-0.05, 0) is 24.4 Å². The minimum absolute atomic E-state index is 0.325. The number of rotatable bonds is 2. The van der Waals surface area contributed by atoms with E-state index in [1.165, 1.54) is 0 Å². The largest absolute Gasteiger partial charge is 0.339 e. The molecule has 1 N–H and O–H groups in total. The van der Waals surface area contributed by atoms with Gasteiger partial charge in [0.15, 0.2) is 0 Å². The summed E-state index contributed by atoms with van der Waals surface area (Å²) >= 11 is 0. The molecular weight excluding hydrogens is 252 g/mol. The summed E-state index contributed by atoms with van der Waals surface area (Å²) < 4.78 is 5.41. The number of fused-ring (bicyclic) bond motifs is 1. The quantitative estimate of drug-likeness (QED) is 0.771. The SMILES string of the molecule is c1ccc2c(-c3noc([C@H]4CCNC4)n3)nccc2c1. The lowest BCUT2D eigenvalue weighted by atomic mass is 10.1. The number of aromatic nitrogens is 3. The Morgan fingerprint density at radius 3 is 3.05 bits per heavy atom. The first-order chi connectivity index (χ1) is 9.92. The molecule has 1 aliphatic rings. The Bertz CT molecular complexity index is 741. The zero-order valence-electron chi connectivity index (χ0n) is 10.9. The highest BCUT2D eigenvalue weighted by Gasteiger charge is 2.23. The van der Waals surface area contributed by atoms with Crippen LogP contribution in [0.1, 0.15) is 18.2 Å². The van der Waals surface area contributed by atoms with Gasteiger partial charge in [0, 0.05) is 18.1 Å². The van der Waals surface area contributed by atoms with Crippen LogP contribution in [0, 0.1) is 0 Å². The summed E-state index contributed by atoms with van der Waals surface area (Å²) in [7, 11) is 0. The molecule has 1 fully saturated rings. The van der Waals surface area contributed by atoms with Crippen LogP contribution in [0.15, 0.2) is 41.1 Å². The van der Waals surface area contributed by atoms with Crippen LogP contribution in [0.25, 0.3) is 22.3 Å². The van der Waals surface area contributed by atoms with Crippen molar-refractivity contribution in [2.24, 2.45) is 0 Å². The van der Waals surface area contributed by atoms with Gasteiger partial charge in [0.05, 0.1) is 5.92 Å². The van der Waals surface area contributed by atoms with Gasteiger partial charge in [-0.25, -0.2) is 0 Å². The molecule has 0 bridgehead atoms. The van der Waals surface area contributed by atoms with Gasteiger partial charge in [0.1, 0.15) is 5.69 Å². The number of benzene rings is 1. The zero-order chi connectivity index (χ0) is 13.4. The normalized spacial score (nSPS) is 18.7. The van der Waals surface area contributed by atoms with Crippen molar-refractivity contribution in [3.05, 3.63) is 42.4 Å². The number of nitrogens with zero attached hydrogens (tertiary/aromatic N) is 3. The zero-order valence-corrected chi connectivity index (χ0v) is 10.9. The van der Waals surface area contributed by atoms with Gasteiger partial charge in [0.2, 0.25) is 11.7 Å². The number of hydrogen-bond donors (Lipinski definition) is 1. The molecule has 1 aliphatic heterocycles. The molecule has 1 aromatic carbocycles. The summed E-state index contributed by atoms with van der Waals surface area (Å²) in [6, 6.07) is 10.1. The standard InChI is InChI=1S/C15H14N4O/c1-2-4-12-10(3-1)6-8-17-13(12)14-18-15(20-19-14)11-5-7-16-9-11/h1-4,6,8,11,16H,5,7,9H2/t11-/m0/s1. The molecule has 0 radical (unpaired) electrons. The molecule has 2 aromatic heterocycles. The molecule has 3 aromatic rings. The van der Waals surface area contributed by atoms with Crippen molar-refractivity contribution < 1.29 is 4.52 Å². The summed E-state index contributed by atoms with van der Waals surface area (Å²) in [6.45, 7) is 1.92. The Balaban J connectivity index is 1.79. The van der Waals surface area contributed by atoms with Crippen molar-refractivity contribution in [2.75, 3.05) is 13.1 Å². The average Bonchev–Trinajstić information content (AvgIpc) is 3.17. The van der Waals surface area contributed by atoms with E-state index in [1.807, 2.05) is 24.3 Å². The molecule has 0 saturated carbocycles. The predicted molar refractivity (Wildman–Crippen MR) is 75.3 cm³/mol. The monoisotopic (exact) mass is 266 g/mol. The Labute approximate surface area is 116 Å². The van der Waals surface area contributed by atoms with Crippen LogP contribution in [-0.4, -0.2) is 28.2 Å². The van der Waals surface area contributed by atoms with Crippen molar-refractivity contribution in [1.29, 1.82) is 0 Å². The highest BCUT2D eigenvalue weighted by Crippen LogP contribution is 2.27. The molecule has 3 heterocycles. The second kappa shape index (κ2) is 4.68. The molecule has 1 saturated heterocycles. The Kier molecular flexibility index (Phi) is 2.70. The van der Waals surface area contributed by atoms with E-state index in [0.717, 1.165) is 36.0 Å². The fourth-order valence-corrected chi connectivity index (χ4v) is 2.66. The summed E-state index contributed by atoms with van der Waals surface area (Å²) in [5, 5.41) is 9.59. The number of nitrogens with one attached hydrogen (secondary N) is 1. The van der Waals surface area contributed by atoms with Crippen molar-refractivity contribution >= 4 is 10.8 Å². The van der Waals surface area contributed by atoms with Crippen LogP contribution in [-0.2, 0) is 0 Å². The van der Waals surface area contributed by atoms with Crippen LogP contribution in [0.3, 0.4) is 0 Å². The molecule has 5 heteroatoms. The highest BCUT2D eigenvalue weighted by molar-refractivity contribution is 5.92. The van der Waals surface area contributed by atoms with E-state index in [-0.39, 0.29) is 0 Å². The third-order valence-electron chi connectivity index (χ3n) is 3.74. The predicted octanol–water partition coefficient (Wildman–Crippen LogP) is 2.36. The lowest BCUT2D eigenvalue weighted by Gasteiger charge is -2.01. The van der Waals surface area contributed by atoms with Crippen molar-refractivity contribution in [1.82, 2.24) is 20.4 Å². The van der Waals surface area contributed by atoms with Gasteiger partial charge in [-0.3, -0.25) is 4.98 Å². The molecule has 0 unspecified atom stereocenters. The summed E-state index contributed by atoms with van der Waals surface area (Å²) in [4.78, 5) is 8.95. The number of hydrogen-bond acceptors (Lipinski definition) is 5. The van der Waals surface area contributed by atoms with Gasteiger partial charge < -0.3 is 9.84 Å². The molecule has 0 spiro atoms. The molecular formula is C15H14N4O. The van der Waals surface area contributed by atoms with Crippen LogP contribution in [0.5, 0.6) is 0 Å². The molecule has 1 atom stereocenters. The topological polar surface area (TPSA) is 63.8 Å². The van der Waals surface area contributed by atoms with Crippen LogP contribution >= 0.6 is 0 Å². The second-order valence-electron chi connectivity index (χ2n) is 5.03. The highest BCUT2D eigenvalue weighted by atomic mass is 16.5. The smallest absolute Gasteiger partial charge is 0.231 e. The first-order valence-corrected chi connectivity index (χ1v) is 6.80. The minimum Gasteiger partial charge on any atom is -0.339 e. The molecule has 0 aliphatic carbocycles. The molecule has 100 valence electrons. The maximum Gasteiger partial charge on any atom is 0.231 e. The van der Waals surface area contributed by atoms with E-state index in [0.29, 0.717) is 17.6 Å². The van der Waals surface area contributed by atoms with E-state index >= 15 is 0 Å². The van der Waals surface area contributed by atoms with Gasteiger partial charge in [-0.2, -0.15) is 4.98 Å². The van der Waals surface area contributed by atoms with Crippen molar-refractivity contribution in [3.63, 3.8) is 0 Å². The first-order valence-electron chi connectivity index (χ1n) is 6.80. The van der Waals surface area contributed by atoms with E-state index in [1.54, 1.807) is 6.20 Å². The van der Waals surface area contributed by atoms with E-state index < -0.39 is 0 Å². The third kappa shape index (κ3) is 1.87. The van der Waals surface area contributed by atoms with Gasteiger partial charge in [-0.1, -0.05) is 29.4 Å². The Hall–Kier alpha value is -2.27. The van der Waals surface area contributed by atoms with Crippen molar-refractivity contribution in [3.8, 4) is 11.5 Å². The fourth-order valence-electron chi connectivity index (χ4n) is 2.66. The second-order valence-corrected chi connectivity index (χ2v) is 5.03. The maximum atomic E-state index is 5.41. The fraction of sp³-hybridized carbons (Fsp3) is 0.267. The molecule has 5 nitrogen and oxygen atoms in total. The average molecular weight is 266 g/mol. The Morgan fingerprint density at radius 1 is 1.20 bits per heavy atom. The summed E-state index contributed by atoms with van der Waals surface area (Å²) in [5.41, 5.74) is 0.782. The minimum atomic E-state index is 0.325. The van der Waals surface area contributed by atoms with E-state index in [2.05, 4.69) is 26.5 Å². The van der Waals surface area contributed by atoms with Gasteiger partial charge in [-0.15, -0.1) is 0 Å². The third-order valence-corrected chi connectivity index (χ3v) is 3.74. The van der Waals surface area contributed by atoms with Crippen LogP contribution < -0.4 is 5.32 Å². The maximum absolute atomic E-state index is 5.41. The van der Waals surface area contributed by atoms with Crippen LogP contribution in [0.4, 0.5) is 0 Å². The van der Waals surface area contributed by atoms with E-state index in [9.17, 15) is 0 Å². The van der Waals surface area contributed by atoms with Gasteiger partial charge >= 0.3 is 0 Å². The number of pyridine rings is 1. The summed E-state index contributed by atoms with van der Waals surface area (Å²) in [5.74, 6) is 1.61. The van der Waals surface area contributed by atoms with Crippen molar-refractivity contribution in [2.45, 2.75) is 12.3 Å². The lowest BCUT2D eigenvalue weighted by molar-refractivity contribution is 0.359. The first kappa shape index (κ1) is 11.5. The molecule has 4 rings (SSSR count). The molecule has 20 heavy (non-hydrogen) atoms. The summed E-state index contributed by atoms with van der Waals surface area (Å²) in [6.07, 6.45) is 2.83. The van der Waals surface area contributed by atoms with Crippen LogP contribution in [0.2, 0.25) is 0 Å². The lowest BCUT2D eigenvalue weighted by Crippen LogP contribution is -2.08. The van der Waals surface area contributed by atoms with E-state index in [4.69, 9.17) is 4.52 Å². The Morgan fingerprint density at radius 2 is 2.15 bits per heavy atom. The molecule has 0 amide bonds. The van der Waals surface area contributed by atoms with Gasteiger partial charge in [0.25, 0.3) is 0 Å².